The molecule has 0 saturated heterocycles. The molecule has 1 aliphatic heterocycles. The maximum Gasteiger partial charge on any atom is 0.292 e. The van der Waals surface area contributed by atoms with Crippen molar-refractivity contribution in [2.45, 2.75) is 18.4 Å². The lowest BCUT2D eigenvalue weighted by molar-refractivity contribution is -0.384. The molecule has 128 valence electrons. The summed E-state index contributed by atoms with van der Waals surface area (Å²) in [5, 5.41) is 17.5. The highest BCUT2D eigenvalue weighted by Gasteiger charge is 2.40. The Hall–Kier alpha value is -3.14. The number of allylic oxidation sites excluding steroid dienone is 2. The maximum absolute atomic E-state index is 11.6. The molecule has 26 heavy (non-hydrogen) atoms. The number of nitrogens with one attached hydrogen (secondary N) is 1. The van der Waals surface area contributed by atoms with Crippen LogP contribution >= 0.6 is 0 Å². The summed E-state index contributed by atoms with van der Waals surface area (Å²) in [6.45, 7) is 0. The summed E-state index contributed by atoms with van der Waals surface area (Å²) >= 11 is 0. The first-order valence-electron chi connectivity index (χ1n) is 8.92. The molecule has 0 aromatic heterocycles. The highest BCUT2D eigenvalue weighted by molar-refractivity contribution is 5.87. The standard InChI is InChI=1S/C22H18N2O2/c25-24(26)20-13-5-12-19-16-9-4-11-18(16)21(23-22(19)20)17-10-3-7-14-6-1-2-8-15(14)17/h1-10,12-13,16,18,21,23H,11H2/t16-,18-,21-/m1/s1. The van der Waals surface area contributed by atoms with Crippen molar-refractivity contribution >= 4 is 22.1 Å². The second-order valence-corrected chi connectivity index (χ2v) is 7.04. The monoisotopic (exact) mass is 342 g/mol. The van der Waals surface area contributed by atoms with E-state index in [1.807, 2.05) is 12.1 Å². The van der Waals surface area contributed by atoms with Gasteiger partial charge in [-0.15, -0.1) is 0 Å². The molecule has 3 aromatic rings. The number of anilines is 1. The lowest BCUT2D eigenvalue weighted by Gasteiger charge is -2.37. The zero-order valence-corrected chi connectivity index (χ0v) is 14.1. The quantitative estimate of drug-likeness (QED) is 0.376. The van der Waals surface area contributed by atoms with Crippen LogP contribution in [0.3, 0.4) is 0 Å². The molecule has 1 N–H and O–H groups in total. The maximum atomic E-state index is 11.6. The van der Waals surface area contributed by atoms with Crippen molar-refractivity contribution in [1.29, 1.82) is 0 Å². The average Bonchev–Trinajstić information content (AvgIpc) is 3.16. The van der Waals surface area contributed by atoms with E-state index in [9.17, 15) is 10.1 Å². The van der Waals surface area contributed by atoms with E-state index in [1.54, 1.807) is 12.1 Å². The van der Waals surface area contributed by atoms with Crippen molar-refractivity contribution in [1.82, 2.24) is 0 Å². The Labute approximate surface area is 151 Å². The van der Waals surface area contributed by atoms with Gasteiger partial charge in [0.15, 0.2) is 0 Å². The third-order valence-corrected chi connectivity index (χ3v) is 5.73. The summed E-state index contributed by atoms with van der Waals surface area (Å²) in [7, 11) is 0. The number of fused-ring (bicyclic) bond motifs is 4. The predicted octanol–water partition coefficient (Wildman–Crippen LogP) is 5.57. The first kappa shape index (κ1) is 15.1. The second kappa shape index (κ2) is 5.70. The van der Waals surface area contributed by atoms with Crippen LogP contribution in [0.25, 0.3) is 10.8 Å². The van der Waals surface area contributed by atoms with E-state index < -0.39 is 0 Å². The Morgan fingerprint density at radius 2 is 1.73 bits per heavy atom. The Morgan fingerprint density at radius 1 is 0.962 bits per heavy atom. The normalized spacial score (nSPS) is 23.3. The minimum atomic E-state index is -0.287. The first-order chi connectivity index (χ1) is 12.7. The van der Waals surface area contributed by atoms with Gasteiger partial charge in [-0.2, -0.15) is 0 Å². The van der Waals surface area contributed by atoms with E-state index in [4.69, 9.17) is 0 Å². The molecule has 0 amide bonds. The summed E-state index contributed by atoms with van der Waals surface area (Å²) in [5.41, 5.74) is 3.08. The van der Waals surface area contributed by atoms with Gasteiger partial charge in [0.2, 0.25) is 0 Å². The number of hydrogen-bond acceptors (Lipinski definition) is 3. The van der Waals surface area contributed by atoms with Crippen molar-refractivity contribution in [2.24, 2.45) is 5.92 Å². The molecule has 2 aliphatic rings. The van der Waals surface area contributed by atoms with Gasteiger partial charge in [0.1, 0.15) is 5.69 Å². The van der Waals surface area contributed by atoms with Gasteiger partial charge in [-0.05, 0) is 34.2 Å². The van der Waals surface area contributed by atoms with Crippen LogP contribution in [0, 0.1) is 16.0 Å². The Bertz CT molecular complexity index is 1050. The van der Waals surface area contributed by atoms with Crippen LogP contribution in [0.4, 0.5) is 11.4 Å². The van der Waals surface area contributed by atoms with Crippen molar-refractivity contribution in [3.8, 4) is 0 Å². The van der Waals surface area contributed by atoms with Gasteiger partial charge >= 0.3 is 0 Å². The van der Waals surface area contributed by atoms with Gasteiger partial charge in [-0.1, -0.05) is 66.7 Å². The van der Waals surface area contributed by atoms with Gasteiger partial charge < -0.3 is 5.32 Å². The highest BCUT2D eigenvalue weighted by atomic mass is 16.6. The van der Waals surface area contributed by atoms with Crippen LogP contribution in [-0.4, -0.2) is 4.92 Å². The second-order valence-electron chi connectivity index (χ2n) is 7.04. The smallest absolute Gasteiger partial charge is 0.292 e. The van der Waals surface area contributed by atoms with Crippen LogP contribution in [0.2, 0.25) is 0 Å². The summed E-state index contributed by atoms with van der Waals surface area (Å²) in [4.78, 5) is 11.3. The van der Waals surface area contributed by atoms with E-state index in [2.05, 4.69) is 53.9 Å². The molecule has 0 radical (unpaired) electrons. The molecule has 0 saturated carbocycles. The van der Waals surface area contributed by atoms with E-state index in [1.165, 1.54) is 16.3 Å². The minimum absolute atomic E-state index is 0.0506. The minimum Gasteiger partial charge on any atom is -0.372 e. The molecular weight excluding hydrogens is 324 g/mol. The van der Waals surface area contributed by atoms with Gasteiger partial charge in [0, 0.05) is 12.0 Å². The molecule has 3 atom stereocenters. The number of rotatable bonds is 2. The number of nitro benzene ring substituents is 1. The molecule has 0 unspecified atom stereocenters. The third-order valence-electron chi connectivity index (χ3n) is 5.73. The van der Waals surface area contributed by atoms with Crippen molar-refractivity contribution in [3.05, 3.63) is 94.1 Å². The topological polar surface area (TPSA) is 55.2 Å². The fourth-order valence-corrected chi connectivity index (χ4v) is 4.59. The highest BCUT2D eigenvalue weighted by Crippen LogP contribution is 2.52. The van der Waals surface area contributed by atoms with E-state index in [-0.39, 0.29) is 22.6 Å². The van der Waals surface area contributed by atoms with Crippen molar-refractivity contribution in [3.63, 3.8) is 0 Å². The lowest BCUT2D eigenvalue weighted by atomic mass is 9.76. The fraction of sp³-hybridized carbons (Fsp3) is 0.182. The molecule has 4 nitrogen and oxygen atoms in total. The number of para-hydroxylation sites is 1. The Morgan fingerprint density at radius 3 is 2.62 bits per heavy atom. The molecule has 3 aromatic carbocycles. The zero-order valence-electron chi connectivity index (χ0n) is 14.1. The van der Waals surface area contributed by atoms with E-state index >= 15 is 0 Å². The van der Waals surface area contributed by atoms with E-state index in [0.29, 0.717) is 11.6 Å². The summed E-state index contributed by atoms with van der Waals surface area (Å²) in [6, 6.07) is 20.1. The molecule has 1 aliphatic carbocycles. The van der Waals surface area contributed by atoms with Crippen molar-refractivity contribution in [2.75, 3.05) is 5.32 Å². The number of benzene rings is 3. The summed E-state index contributed by atoms with van der Waals surface area (Å²) in [6.07, 6.45) is 5.41. The number of hydrogen-bond donors (Lipinski definition) is 1. The molecule has 4 heteroatoms. The van der Waals surface area contributed by atoms with Crippen LogP contribution in [0.5, 0.6) is 0 Å². The molecule has 0 bridgehead atoms. The van der Waals surface area contributed by atoms with E-state index in [0.717, 1.165) is 12.0 Å². The average molecular weight is 342 g/mol. The van der Waals surface area contributed by atoms with Crippen LogP contribution in [-0.2, 0) is 0 Å². The van der Waals surface area contributed by atoms with Crippen LogP contribution in [0.1, 0.15) is 29.5 Å². The van der Waals surface area contributed by atoms with Gasteiger partial charge in [0.25, 0.3) is 5.69 Å². The third kappa shape index (κ3) is 2.15. The molecule has 0 spiro atoms. The predicted molar refractivity (Wildman–Crippen MR) is 103 cm³/mol. The lowest BCUT2D eigenvalue weighted by Crippen LogP contribution is -2.29. The molecule has 0 fully saturated rings. The van der Waals surface area contributed by atoms with Gasteiger partial charge in [-0.3, -0.25) is 10.1 Å². The number of nitro groups is 1. The summed E-state index contributed by atoms with van der Waals surface area (Å²) < 4.78 is 0. The summed E-state index contributed by atoms with van der Waals surface area (Å²) in [5.74, 6) is 0.588. The van der Waals surface area contributed by atoms with Crippen LogP contribution in [0.15, 0.2) is 72.8 Å². The van der Waals surface area contributed by atoms with Crippen LogP contribution < -0.4 is 5.32 Å². The van der Waals surface area contributed by atoms with Crippen molar-refractivity contribution < 1.29 is 4.92 Å². The number of nitrogens with zero attached hydrogens (tertiary/aromatic N) is 1. The largest absolute Gasteiger partial charge is 0.372 e. The molecular formula is C22H18N2O2. The fourth-order valence-electron chi connectivity index (χ4n) is 4.59. The first-order valence-corrected chi connectivity index (χ1v) is 8.92. The SMILES string of the molecule is O=[N+]([O-])c1cccc2c1N[C@H](c1cccc3ccccc13)[C@@H]1CC=C[C@@H]21. The van der Waals surface area contributed by atoms with Gasteiger partial charge in [0.05, 0.1) is 11.0 Å². The zero-order chi connectivity index (χ0) is 17.7. The molecule has 5 rings (SSSR count). The Kier molecular flexibility index (Phi) is 3.32. The Balaban J connectivity index is 1.71. The van der Waals surface area contributed by atoms with Gasteiger partial charge in [-0.25, -0.2) is 0 Å². The molecule has 1 heterocycles.